The molecule has 0 bridgehead atoms. The molecule has 0 atom stereocenters. The maximum Gasteiger partial charge on any atom is 0.138 e. The van der Waals surface area contributed by atoms with Gasteiger partial charge in [0.25, 0.3) is 0 Å². The molecule has 0 unspecified atom stereocenters. The van der Waals surface area contributed by atoms with Gasteiger partial charge in [0.05, 0.1) is 17.9 Å². The molecule has 2 heterocycles. The lowest BCUT2D eigenvalue weighted by Crippen LogP contribution is -1.79. The van der Waals surface area contributed by atoms with E-state index in [1.54, 1.807) is 24.2 Å². The summed E-state index contributed by atoms with van der Waals surface area (Å²) in [5, 5.41) is 7.63. The molecule has 3 aromatic rings. The first kappa shape index (κ1) is 10.3. The van der Waals surface area contributed by atoms with Gasteiger partial charge < -0.3 is 4.98 Å². The lowest BCUT2D eigenvalue weighted by atomic mass is 10.2. The van der Waals surface area contributed by atoms with Gasteiger partial charge in [0, 0.05) is 10.5 Å². The summed E-state index contributed by atoms with van der Waals surface area (Å²) < 4.78 is 0. The van der Waals surface area contributed by atoms with Crippen molar-refractivity contribution in [1.82, 2.24) is 20.2 Å². The minimum absolute atomic E-state index is 0.837. The molecule has 0 spiro atoms. The van der Waals surface area contributed by atoms with Crippen molar-refractivity contribution < 1.29 is 0 Å². The Bertz CT molecular complexity index is 612. The number of rotatable bonds is 2. The number of hydrogen-bond donors (Lipinski definition) is 1. The molecular weight excluding hydrogens is 232 g/mol. The summed E-state index contributed by atoms with van der Waals surface area (Å²) in [6, 6.07) is 8.29. The van der Waals surface area contributed by atoms with E-state index in [0.29, 0.717) is 0 Å². The lowest BCUT2D eigenvalue weighted by Gasteiger charge is -1.98. The molecule has 0 saturated heterocycles. The van der Waals surface area contributed by atoms with Gasteiger partial charge in [0.2, 0.25) is 0 Å². The molecular formula is C12H10N4S. The first-order valence-electron chi connectivity index (χ1n) is 5.17. The zero-order valence-electron chi connectivity index (χ0n) is 9.21. The van der Waals surface area contributed by atoms with Crippen LogP contribution in [-0.4, -0.2) is 26.4 Å². The highest BCUT2D eigenvalue weighted by Gasteiger charge is 2.05. The summed E-state index contributed by atoms with van der Waals surface area (Å²) in [7, 11) is 0. The molecule has 0 saturated carbocycles. The third-order valence-electron chi connectivity index (χ3n) is 2.56. The molecule has 84 valence electrons. The van der Waals surface area contributed by atoms with Gasteiger partial charge in [-0.25, -0.2) is 4.98 Å². The second-order valence-electron chi connectivity index (χ2n) is 3.60. The lowest BCUT2D eigenvalue weighted by molar-refractivity contribution is 1.05. The third-order valence-corrected chi connectivity index (χ3v) is 3.30. The van der Waals surface area contributed by atoms with E-state index in [2.05, 4.69) is 50.7 Å². The summed E-state index contributed by atoms with van der Waals surface area (Å²) in [5.41, 5.74) is 2.81. The standard InChI is InChI=1S/C12H10N4S/c1-17-9-4-2-8(3-5-9)12-15-10-6-13-14-7-11(10)16-12/h2-7H,1H3,(H,15,16). The van der Waals surface area contributed by atoms with Gasteiger partial charge in [-0.3, -0.25) is 0 Å². The number of imidazole rings is 1. The second kappa shape index (κ2) is 4.18. The number of nitrogens with one attached hydrogen (secondary N) is 1. The average Bonchev–Trinajstić information content (AvgIpc) is 2.82. The third kappa shape index (κ3) is 1.89. The van der Waals surface area contributed by atoms with Gasteiger partial charge in [-0.05, 0) is 18.4 Å². The van der Waals surface area contributed by atoms with Crippen LogP contribution in [0.5, 0.6) is 0 Å². The first-order chi connectivity index (χ1) is 8.36. The number of hydrogen-bond acceptors (Lipinski definition) is 4. The fraction of sp³-hybridized carbons (Fsp3) is 0.0833. The van der Waals surface area contributed by atoms with Gasteiger partial charge in [0.15, 0.2) is 0 Å². The summed E-state index contributed by atoms with van der Waals surface area (Å²) in [4.78, 5) is 8.95. The highest BCUT2D eigenvalue weighted by atomic mass is 32.2. The molecule has 0 aliphatic heterocycles. The summed E-state index contributed by atoms with van der Waals surface area (Å²) in [5.74, 6) is 0.849. The summed E-state index contributed by atoms with van der Waals surface area (Å²) in [6.07, 6.45) is 5.40. The largest absolute Gasteiger partial charge is 0.337 e. The van der Waals surface area contributed by atoms with Crippen LogP contribution in [0.4, 0.5) is 0 Å². The van der Waals surface area contributed by atoms with Gasteiger partial charge >= 0.3 is 0 Å². The zero-order chi connectivity index (χ0) is 11.7. The predicted octanol–water partition coefficient (Wildman–Crippen LogP) is 2.74. The molecule has 4 nitrogen and oxygen atoms in total. The maximum atomic E-state index is 4.47. The van der Waals surface area contributed by atoms with Crippen LogP contribution in [0.15, 0.2) is 41.6 Å². The molecule has 0 radical (unpaired) electrons. The van der Waals surface area contributed by atoms with E-state index in [4.69, 9.17) is 0 Å². The topological polar surface area (TPSA) is 54.5 Å². The van der Waals surface area contributed by atoms with Crippen LogP contribution >= 0.6 is 11.8 Å². The van der Waals surface area contributed by atoms with Gasteiger partial charge in [-0.2, -0.15) is 10.2 Å². The minimum Gasteiger partial charge on any atom is -0.337 e. The fourth-order valence-electron chi connectivity index (χ4n) is 1.66. The minimum atomic E-state index is 0.837. The molecule has 1 N–H and O–H groups in total. The molecule has 3 rings (SSSR count). The number of benzene rings is 1. The van der Waals surface area contributed by atoms with E-state index in [9.17, 15) is 0 Å². The first-order valence-corrected chi connectivity index (χ1v) is 6.40. The van der Waals surface area contributed by atoms with Gasteiger partial charge in [-0.1, -0.05) is 12.1 Å². The van der Waals surface area contributed by atoms with E-state index >= 15 is 0 Å². The Morgan fingerprint density at radius 3 is 2.53 bits per heavy atom. The van der Waals surface area contributed by atoms with Crippen molar-refractivity contribution in [3.63, 3.8) is 0 Å². The van der Waals surface area contributed by atoms with Crippen molar-refractivity contribution in [2.45, 2.75) is 4.90 Å². The zero-order valence-corrected chi connectivity index (χ0v) is 10.0. The Morgan fingerprint density at radius 1 is 1.06 bits per heavy atom. The van der Waals surface area contributed by atoms with Crippen LogP contribution in [0.3, 0.4) is 0 Å². The summed E-state index contributed by atoms with van der Waals surface area (Å²) >= 11 is 1.73. The van der Waals surface area contributed by atoms with Crippen molar-refractivity contribution >= 4 is 22.8 Å². The monoisotopic (exact) mass is 242 g/mol. The quantitative estimate of drug-likeness (QED) is 0.702. The van der Waals surface area contributed by atoms with Crippen LogP contribution in [0.25, 0.3) is 22.4 Å². The van der Waals surface area contributed by atoms with E-state index in [-0.39, 0.29) is 0 Å². The number of aromatic nitrogens is 4. The molecule has 5 heteroatoms. The molecule has 17 heavy (non-hydrogen) atoms. The van der Waals surface area contributed by atoms with E-state index in [1.807, 2.05) is 0 Å². The number of fused-ring (bicyclic) bond motifs is 1. The smallest absolute Gasteiger partial charge is 0.138 e. The highest BCUT2D eigenvalue weighted by Crippen LogP contribution is 2.22. The number of aromatic amines is 1. The van der Waals surface area contributed by atoms with Crippen molar-refractivity contribution in [1.29, 1.82) is 0 Å². The number of H-pyrrole nitrogens is 1. The molecule has 0 aliphatic rings. The van der Waals surface area contributed by atoms with Crippen molar-refractivity contribution in [2.75, 3.05) is 6.26 Å². The molecule has 2 aromatic heterocycles. The SMILES string of the molecule is CSc1ccc(-c2nc3cnncc3[nH]2)cc1. The number of thioether (sulfide) groups is 1. The fourth-order valence-corrected chi connectivity index (χ4v) is 2.07. The van der Waals surface area contributed by atoms with E-state index in [1.165, 1.54) is 4.90 Å². The van der Waals surface area contributed by atoms with Crippen molar-refractivity contribution in [2.24, 2.45) is 0 Å². The van der Waals surface area contributed by atoms with E-state index in [0.717, 1.165) is 22.4 Å². The Morgan fingerprint density at radius 2 is 1.82 bits per heavy atom. The molecule has 0 fully saturated rings. The van der Waals surface area contributed by atoms with Gasteiger partial charge in [0.1, 0.15) is 11.3 Å². The Hall–Kier alpha value is -1.88. The van der Waals surface area contributed by atoms with Crippen LogP contribution in [0.2, 0.25) is 0 Å². The van der Waals surface area contributed by atoms with Crippen molar-refractivity contribution in [3.8, 4) is 11.4 Å². The molecule has 1 aromatic carbocycles. The van der Waals surface area contributed by atoms with Crippen LogP contribution in [0, 0.1) is 0 Å². The van der Waals surface area contributed by atoms with Crippen LogP contribution < -0.4 is 0 Å². The van der Waals surface area contributed by atoms with E-state index < -0.39 is 0 Å². The second-order valence-corrected chi connectivity index (χ2v) is 4.48. The van der Waals surface area contributed by atoms with Gasteiger partial charge in [-0.15, -0.1) is 11.8 Å². The maximum absolute atomic E-state index is 4.47. The predicted molar refractivity (Wildman–Crippen MR) is 68.9 cm³/mol. The normalized spacial score (nSPS) is 10.9. The number of nitrogens with zero attached hydrogens (tertiary/aromatic N) is 3. The van der Waals surface area contributed by atoms with Crippen LogP contribution in [0.1, 0.15) is 0 Å². The average molecular weight is 242 g/mol. The Kier molecular flexibility index (Phi) is 2.53. The van der Waals surface area contributed by atoms with Crippen molar-refractivity contribution in [3.05, 3.63) is 36.7 Å². The highest BCUT2D eigenvalue weighted by molar-refractivity contribution is 7.98. The van der Waals surface area contributed by atoms with Crippen LogP contribution in [-0.2, 0) is 0 Å². The molecule has 0 amide bonds. The summed E-state index contributed by atoms with van der Waals surface area (Å²) in [6.45, 7) is 0. The molecule has 0 aliphatic carbocycles. The Balaban J connectivity index is 2.07. The Labute approximate surface area is 102 Å².